The largest absolute Gasteiger partial charge is 0.444 e. The molecule has 2 aliphatic rings. The van der Waals surface area contributed by atoms with Crippen molar-refractivity contribution in [1.82, 2.24) is 10.2 Å². The molecule has 2 saturated heterocycles. The molecule has 2 fully saturated rings. The van der Waals surface area contributed by atoms with Crippen LogP contribution in [0.4, 0.5) is 4.79 Å². The molecule has 0 aliphatic carbocycles. The van der Waals surface area contributed by atoms with Crippen LogP contribution in [-0.4, -0.2) is 56.0 Å². The fourth-order valence-electron chi connectivity index (χ4n) is 5.44. The maximum atomic E-state index is 12.2. The lowest BCUT2D eigenvalue weighted by molar-refractivity contribution is 0.0155. The molecule has 6 heteroatoms. The smallest absolute Gasteiger partial charge is 0.410 e. The normalized spacial score (nSPS) is 19.2. The summed E-state index contributed by atoms with van der Waals surface area (Å²) in [6.07, 6.45) is 9.47. The van der Waals surface area contributed by atoms with E-state index in [-0.39, 0.29) is 6.09 Å². The third kappa shape index (κ3) is 14.9. The van der Waals surface area contributed by atoms with Gasteiger partial charge in [0, 0.05) is 26.3 Å². The zero-order chi connectivity index (χ0) is 29.2. The third-order valence-electron chi connectivity index (χ3n) is 7.59. The Morgan fingerprint density at radius 3 is 1.93 bits per heavy atom. The minimum atomic E-state index is -0.421. The maximum absolute atomic E-state index is 12.2. The lowest BCUT2D eigenvalue weighted by atomic mass is 9.94. The fourth-order valence-corrected chi connectivity index (χ4v) is 5.44. The first kappa shape index (κ1) is 33.1. The predicted octanol–water partition coefficient (Wildman–Crippen LogP) is 7.61. The van der Waals surface area contributed by atoms with Crippen LogP contribution in [0.2, 0.25) is 0 Å². The molecule has 0 radical (unpaired) electrons. The number of hydrogen-bond acceptors (Lipinski definition) is 5. The molecule has 2 heterocycles. The average Bonchev–Trinajstić information content (AvgIpc) is 2.98. The molecule has 4 rings (SSSR count). The number of nitrogens with one attached hydrogen (secondary N) is 1. The zero-order valence-electron chi connectivity index (χ0n) is 25.8. The van der Waals surface area contributed by atoms with Crippen molar-refractivity contribution >= 4 is 6.09 Å². The molecule has 41 heavy (non-hydrogen) atoms. The predicted molar refractivity (Wildman–Crippen MR) is 167 cm³/mol. The molecule has 0 unspecified atom stereocenters. The Morgan fingerprint density at radius 2 is 1.39 bits per heavy atom. The van der Waals surface area contributed by atoms with Gasteiger partial charge in [-0.2, -0.15) is 0 Å². The first-order valence-electron chi connectivity index (χ1n) is 15.8. The Balaban J connectivity index is 0.000000239. The number of rotatable bonds is 12. The molecule has 2 aromatic rings. The number of piperidine rings is 2. The van der Waals surface area contributed by atoms with Gasteiger partial charge in [-0.05, 0) is 108 Å². The Labute approximate surface area is 249 Å². The quantitative estimate of drug-likeness (QED) is 0.268. The lowest BCUT2D eigenvalue weighted by Gasteiger charge is -2.34. The highest BCUT2D eigenvalue weighted by molar-refractivity contribution is 5.68. The summed E-state index contributed by atoms with van der Waals surface area (Å²) in [5.74, 6) is 1.44. The van der Waals surface area contributed by atoms with Crippen molar-refractivity contribution in [2.75, 3.05) is 39.4 Å². The number of ether oxygens (including phenoxy) is 3. The van der Waals surface area contributed by atoms with Gasteiger partial charge in [0.1, 0.15) is 5.60 Å². The maximum Gasteiger partial charge on any atom is 0.410 e. The second-order valence-electron chi connectivity index (χ2n) is 12.5. The topological polar surface area (TPSA) is 60.0 Å². The number of carbonyl (C=O) groups is 1. The zero-order valence-corrected chi connectivity index (χ0v) is 25.8. The molecule has 6 nitrogen and oxygen atoms in total. The van der Waals surface area contributed by atoms with E-state index in [0.29, 0.717) is 12.5 Å². The average molecular weight is 567 g/mol. The first-order valence-corrected chi connectivity index (χ1v) is 15.8. The summed E-state index contributed by atoms with van der Waals surface area (Å²) in [6.45, 7) is 12.9. The van der Waals surface area contributed by atoms with Crippen LogP contribution in [0.15, 0.2) is 60.7 Å². The van der Waals surface area contributed by atoms with Gasteiger partial charge in [-0.1, -0.05) is 60.7 Å². The SMILES string of the molecule is CC(C)(C)OC(=O)N1CCC[C@@H](CCCOCc2ccccc2)C1.c1ccc(COCCC[C@@H]2CCCNC2)cc1. The molecule has 2 aromatic carbocycles. The van der Waals surface area contributed by atoms with Crippen molar-refractivity contribution < 1.29 is 19.0 Å². The van der Waals surface area contributed by atoms with E-state index in [0.717, 1.165) is 58.1 Å². The summed E-state index contributed by atoms with van der Waals surface area (Å²) in [7, 11) is 0. The second-order valence-corrected chi connectivity index (χ2v) is 12.5. The third-order valence-corrected chi connectivity index (χ3v) is 7.59. The summed E-state index contributed by atoms with van der Waals surface area (Å²) in [6, 6.07) is 20.6. The van der Waals surface area contributed by atoms with Crippen LogP contribution in [0.1, 0.15) is 83.3 Å². The number of hydrogen-bond donors (Lipinski definition) is 1. The van der Waals surface area contributed by atoms with Crippen molar-refractivity contribution in [3.63, 3.8) is 0 Å². The molecular weight excluding hydrogens is 512 g/mol. The van der Waals surface area contributed by atoms with Gasteiger partial charge >= 0.3 is 6.09 Å². The summed E-state index contributed by atoms with van der Waals surface area (Å²) < 4.78 is 16.9. The van der Waals surface area contributed by atoms with Gasteiger partial charge in [0.25, 0.3) is 0 Å². The molecule has 0 aromatic heterocycles. The lowest BCUT2D eigenvalue weighted by Crippen LogP contribution is -2.42. The second kappa shape index (κ2) is 18.9. The summed E-state index contributed by atoms with van der Waals surface area (Å²) in [4.78, 5) is 14.0. The van der Waals surface area contributed by atoms with Crippen LogP contribution in [0.5, 0.6) is 0 Å². The molecule has 1 N–H and O–H groups in total. The number of carbonyl (C=O) groups excluding carboxylic acids is 1. The van der Waals surface area contributed by atoms with Crippen molar-refractivity contribution in [2.24, 2.45) is 11.8 Å². The van der Waals surface area contributed by atoms with Gasteiger partial charge in [0.15, 0.2) is 0 Å². The van der Waals surface area contributed by atoms with Crippen molar-refractivity contribution in [2.45, 2.75) is 91.0 Å². The molecule has 0 saturated carbocycles. The van der Waals surface area contributed by atoms with E-state index in [2.05, 4.69) is 41.7 Å². The Hall–Kier alpha value is -2.41. The van der Waals surface area contributed by atoms with E-state index in [1.54, 1.807) is 0 Å². The number of amides is 1. The van der Waals surface area contributed by atoms with E-state index in [9.17, 15) is 4.79 Å². The van der Waals surface area contributed by atoms with Crippen molar-refractivity contribution in [3.05, 3.63) is 71.8 Å². The van der Waals surface area contributed by atoms with Gasteiger partial charge in [-0.15, -0.1) is 0 Å². The molecule has 2 atom stereocenters. The standard InChI is InChI=1S/C20H31NO3.C15H23NO/c1-20(2,3)24-19(22)21-13-7-11-17(15-21)12-8-14-23-16-18-9-5-4-6-10-18;1-2-6-15(7-3-1)13-17-11-5-9-14-8-4-10-16-12-14/h4-6,9-10,17H,7-8,11-16H2,1-3H3;1-3,6-7,14,16H,4-5,8-13H2/t17-;14-/m00/s1. The number of nitrogens with zero attached hydrogens (tertiary/aromatic N) is 1. The van der Waals surface area contributed by atoms with Crippen LogP contribution in [0.3, 0.4) is 0 Å². The van der Waals surface area contributed by atoms with Gasteiger partial charge < -0.3 is 24.4 Å². The molecule has 2 aliphatic heterocycles. The minimum Gasteiger partial charge on any atom is -0.444 e. The summed E-state index contributed by atoms with van der Waals surface area (Å²) >= 11 is 0. The van der Waals surface area contributed by atoms with E-state index in [1.165, 1.54) is 56.3 Å². The Morgan fingerprint density at radius 1 is 0.829 bits per heavy atom. The monoisotopic (exact) mass is 566 g/mol. The van der Waals surface area contributed by atoms with Gasteiger partial charge in [-0.3, -0.25) is 0 Å². The fraction of sp³-hybridized carbons (Fsp3) is 0.629. The molecule has 0 bridgehead atoms. The highest BCUT2D eigenvalue weighted by Crippen LogP contribution is 2.23. The van der Waals surface area contributed by atoms with Crippen molar-refractivity contribution in [1.29, 1.82) is 0 Å². The van der Waals surface area contributed by atoms with Crippen LogP contribution < -0.4 is 5.32 Å². The first-order chi connectivity index (χ1) is 19.9. The van der Waals surface area contributed by atoms with Gasteiger partial charge in [-0.25, -0.2) is 4.79 Å². The van der Waals surface area contributed by atoms with Gasteiger partial charge in [0.05, 0.1) is 13.2 Å². The summed E-state index contributed by atoms with van der Waals surface area (Å²) in [5.41, 5.74) is 2.06. The van der Waals surface area contributed by atoms with E-state index in [1.807, 2.05) is 49.9 Å². The van der Waals surface area contributed by atoms with Crippen LogP contribution in [0.25, 0.3) is 0 Å². The van der Waals surface area contributed by atoms with Crippen LogP contribution in [0, 0.1) is 11.8 Å². The van der Waals surface area contributed by atoms with Crippen LogP contribution >= 0.6 is 0 Å². The molecular formula is C35H54N2O4. The highest BCUT2D eigenvalue weighted by atomic mass is 16.6. The van der Waals surface area contributed by atoms with Crippen LogP contribution in [-0.2, 0) is 27.4 Å². The number of likely N-dealkylation sites (tertiary alicyclic amines) is 1. The van der Waals surface area contributed by atoms with E-state index < -0.39 is 5.60 Å². The molecule has 1 amide bonds. The highest BCUT2D eigenvalue weighted by Gasteiger charge is 2.27. The van der Waals surface area contributed by atoms with E-state index >= 15 is 0 Å². The van der Waals surface area contributed by atoms with Gasteiger partial charge in [0.2, 0.25) is 0 Å². The minimum absolute atomic E-state index is 0.174. The molecule has 228 valence electrons. The molecule has 0 spiro atoms. The summed E-state index contributed by atoms with van der Waals surface area (Å²) in [5, 5.41) is 3.46. The van der Waals surface area contributed by atoms with Crippen molar-refractivity contribution in [3.8, 4) is 0 Å². The Kier molecular flexibility index (Phi) is 15.3. The number of benzene rings is 2. The Bertz CT molecular complexity index is 942. The van der Waals surface area contributed by atoms with E-state index in [4.69, 9.17) is 14.2 Å².